The van der Waals surface area contributed by atoms with Crippen LogP contribution in [0.15, 0.2) is 30.3 Å². The number of benzene rings is 1. The zero-order valence-corrected chi connectivity index (χ0v) is 13.6. The van der Waals surface area contributed by atoms with Crippen LogP contribution in [0.3, 0.4) is 0 Å². The average molecular weight is 365 g/mol. The average Bonchev–Trinajstić information content (AvgIpc) is 2.58. The van der Waals surface area contributed by atoms with Crippen LogP contribution in [0.4, 0.5) is 13.2 Å². The van der Waals surface area contributed by atoms with Crippen molar-refractivity contribution in [3.05, 3.63) is 58.7 Å². The molecule has 26 heavy (non-hydrogen) atoms. The van der Waals surface area contributed by atoms with Crippen LogP contribution >= 0.6 is 0 Å². The summed E-state index contributed by atoms with van der Waals surface area (Å²) in [6.07, 6.45) is -4.40. The molecule has 1 amide bonds. The van der Waals surface area contributed by atoms with E-state index < -0.39 is 35.6 Å². The van der Waals surface area contributed by atoms with Gasteiger partial charge in [-0.3, -0.25) is 4.79 Å². The predicted octanol–water partition coefficient (Wildman–Crippen LogP) is 2.63. The fourth-order valence-electron chi connectivity index (χ4n) is 3.00. The third-order valence-corrected chi connectivity index (χ3v) is 4.11. The second-order valence-electron chi connectivity index (χ2n) is 5.90. The van der Waals surface area contributed by atoms with E-state index in [2.05, 4.69) is 9.97 Å². The molecule has 136 valence electrons. The van der Waals surface area contributed by atoms with Gasteiger partial charge in [0.2, 0.25) is 5.82 Å². The van der Waals surface area contributed by atoms with Crippen LogP contribution in [0.1, 0.15) is 39.2 Å². The topological polar surface area (TPSA) is 83.4 Å². The van der Waals surface area contributed by atoms with E-state index in [0.717, 1.165) is 16.5 Å². The molecule has 0 fully saturated rings. The number of fused-ring (bicyclic) bond motifs is 1. The molecule has 0 spiro atoms. The Balaban J connectivity index is 2.02. The van der Waals surface area contributed by atoms with Gasteiger partial charge in [0.1, 0.15) is 5.69 Å². The fourth-order valence-corrected chi connectivity index (χ4v) is 3.00. The first-order valence-electron chi connectivity index (χ1n) is 7.73. The van der Waals surface area contributed by atoms with Gasteiger partial charge in [0.05, 0.1) is 0 Å². The first-order valence-corrected chi connectivity index (χ1v) is 7.73. The summed E-state index contributed by atoms with van der Waals surface area (Å²) in [6.45, 7) is 1.38. The van der Waals surface area contributed by atoms with Crippen molar-refractivity contribution in [2.75, 3.05) is 6.54 Å². The highest BCUT2D eigenvalue weighted by atomic mass is 19.4. The predicted molar refractivity (Wildman–Crippen MR) is 83.3 cm³/mol. The molecule has 2 aromatic rings. The van der Waals surface area contributed by atoms with Crippen molar-refractivity contribution >= 4 is 11.9 Å². The number of nitrogens with zero attached hydrogens (tertiary/aromatic N) is 3. The Kier molecular flexibility index (Phi) is 4.39. The molecule has 1 aromatic heterocycles. The SMILES string of the molecule is Cc1cc(C(=O)N2CCc3ccccc3C2C(=O)O)nc(C(F)(F)F)n1. The normalized spacial score (nSPS) is 16.9. The minimum Gasteiger partial charge on any atom is -0.479 e. The molecule has 0 bridgehead atoms. The molecular formula is C17H14F3N3O3. The molecule has 0 aliphatic carbocycles. The smallest absolute Gasteiger partial charge is 0.451 e. The highest BCUT2D eigenvalue weighted by molar-refractivity contribution is 5.95. The summed E-state index contributed by atoms with van der Waals surface area (Å²) in [7, 11) is 0. The lowest BCUT2D eigenvalue weighted by molar-refractivity contribution is -0.145. The molecular weight excluding hydrogens is 351 g/mol. The summed E-state index contributed by atoms with van der Waals surface area (Å²) in [6, 6.07) is 6.62. The fraction of sp³-hybridized carbons (Fsp3) is 0.294. The first kappa shape index (κ1) is 17.8. The number of alkyl halides is 3. The van der Waals surface area contributed by atoms with Gasteiger partial charge in [-0.15, -0.1) is 0 Å². The quantitative estimate of drug-likeness (QED) is 0.885. The molecule has 1 aliphatic rings. The van der Waals surface area contributed by atoms with Gasteiger partial charge in [-0.1, -0.05) is 24.3 Å². The van der Waals surface area contributed by atoms with E-state index >= 15 is 0 Å². The minimum absolute atomic E-state index is 0.0278. The largest absolute Gasteiger partial charge is 0.479 e. The monoisotopic (exact) mass is 365 g/mol. The van der Waals surface area contributed by atoms with E-state index in [-0.39, 0.29) is 12.2 Å². The van der Waals surface area contributed by atoms with Gasteiger partial charge < -0.3 is 10.0 Å². The second kappa shape index (κ2) is 6.40. The number of halogens is 3. The van der Waals surface area contributed by atoms with Gasteiger partial charge in [0, 0.05) is 12.2 Å². The number of carboxylic acids is 1. The van der Waals surface area contributed by atoms with Gasteiger partial charge in [0.25, 0.3) is 5.91 Å². The van der Waals surface area contributed by atoms with Crippen molar-refractivity contribution < 1.29 is 27.9 Å². The van der Waals surface area contributed by atoms with Gasteiger partial charge in [-0.25, -0.2) is 14.8 Å². The van der Waals surface area contributed by atoms with E-state index in [1.54, 1.807) is 24.3 Å². The van der Waals surface area contributed by atoms with Crippen molar-refractivity contribution in [3.8, 4) is 0 Å². The minimum atomic E-state index is -4.80. The number of amides is 1. The molecule has 1 aromatic carbocycles. The van der Waals surface area contributed by atoms with Crippen LogP contribution in [-0.4, -0.2) is 38.4 Å². The van der Waals surface area contributed by atoms with E-state index in [0.29, 0.717) is 12.0 Å². The maximum Gasteiger partial charge on any atom is 0.451 e. The summed E-state index contributed by atoms with van der Waals surface area (Å²) >= 11 is 0. The summed E-state index contributed by atoms with van der Waals surface area (Å²) in [4.78, 5) is 32.2. The third kappa shape index (κ3) is 3.24. The summed E-state index contributed by atoms with van der Waals surface area (Å²) in [5.74, 6) is -3.56. The van der Waals surface area contributed by atoms with Crippen molar-refractivity contribution in [1.82, 2.24) is 14.9 Å². The van der Waals surface area contributed by atoms with Crippen molar-refractivity contribution in [2.45, 2.75) is 25.6 Å². The lowest BCUT2D eigenvalue weighted by Crippen LogP contribution is -2.44. The molecule has 1 atom stereocenters. The number of carboxylic acid groups (broad SMARTS) is 1. The Morgan fingerprint density at radius 1 is 1.23 bits per heavy atom. The Morgan fingerprint density at radius 3 is 2.58 bits per heavy atom. The summed E-state index contributed by atoms with van der Waals surface area (Å²) in [5, 5.41) is 9.58. The molecule has 2 heterocycles. The summed E-state index contributed by atoms with van der Waals surface area (Å²) < 4.78 is 38.7. The summed E-state index contributed by atoms with van der Waals surface area (Å²) in [5.41, 5.74) is 0.732. The number of aromatic nitrogens is 2. The Morgan fingerprint density at radius 2 is 1.92 bits per heavy atom. The van der Waals surface area contributed by atoms with Crippen molar-refractivity contribution in [1.29, 1.82) is 0 Å². The van der Waals surface area contributed by atoms with Gasteiger partial charge in [-0.2, -0.15) is 13.2 Å². The maximum atomic E-state index is 12.9. The molecule has 0 radical (unpaired) electrons. The van der Waals surface area contributed by atoms with Gasteiger partial charge in [-0.05, 0) is 30.5 Å². The molecule has 1 aliphatic heterocycles. The number of carbonyl (C=O) groups is 2. The number of hydrogen-bond donors (Lipinski definition) is 1. The van der Waals surface area contributed by atoms with Crippen LogP contribution in [0.5, 0.6) is 0 Å². The van der Waals surface area contributed by atoms with E-state index in [1.807, 2.05) is 0 Å². The van der Waals surface area contributed by atoms with Crippen LogP contribution in [0.25, 0.3) is 0 Å². The molecule has 1 unspecified atom stereocenters. The van der Waals surface area contributed by atoms with Gasteiger partial charge in [0.15, 0.2) is 6.04 Å². The number of aliphatic carboxylic acids is 1. The van der Waals surface area contributed by atoms with Crippen LogP contribution < -0.4 is 0 Å². The molecule has 9 heteroatoms. The van der Waals surface area contributed by atoms with Gasteiger partial charge >= 0.3 is 12.1 Å². The first-order chi connectivity index (χ1) is 12.2. The molecule has 0 saturated heterocycles. The zero-order valence-electron chi connectivity index (χ0n) is 13.6. The molecule has 0 saturated carbocycles. The molecule has 6 nitrogen and oxygen atoms in total. The number of carbonyl (C=O) groups excluding carboxylic acids is 1. The lowest BCUT2D eigenvalue weighted by atomic mass is 9.92. The van der Waals surface area contributed by atoms with Crippen molar-refractivity contribution in [3.63, 3.8) is 0 Å². The van der Waals surface area contributed by atoms with Crippen LogP contribution in [0, 0.1) is 6.92 Å². The van der Waals surface area contributed by atoms with Crippen LogP contribution in [0.2, 0.25) is 0 Å². The Bertz CT molecular complexity index is 883. The van der Waals surface area contributed by atoms with Crippen LogP contribution in [-0.2, 0) is 17.4 Å². The zero-order chi connectivity index (χ0) is 19.1. The Hall–Kier alpha value is -2.97. The maximum absolute atomic E-state index is 12.9. The molecule has 1 N–H and O–H groups in total. The number of rotatable bonds is 2. The standard InChI is InChI=1S/C17H14F3N3O3/c1-9-8-12(22-16(21-9)17(18,19)20)14(24)23-7-6-10-4-2-3-5-11(10)13(23)15(25)26/h2-5,8,13H,6-7H2,1H3,(H,25,26). The van der Waals surface area contributed by atoms with E-state index in [9.17, 15) is 27.9 Å². The lowest BCUT2D eigenvalue weighted by Gasteiger charge is -2.34. The van der Waals surface area contributed by atoms with E-state index in [1.165, 1.54) is 6.92 Å². The second-order valence-corrected chi connectivity index (χ2v) is 5.90. The Labute approximate surface area is 146 Å². The number of hydrogen-bond acceptors (Lipinski definition) is 4. The van der Waals surface area contributed by atoms with E-state index in [4.69, 9.17) is 0 Å². The number of aryl methyl sites for hydroxylation is 1. The third-order valence-electron chi connectivity index (χ3n) is 4.11. The van der Waals surface area contributed by atoms with Crippen molar-refractivity contribution in [2.24, 2.45) is 0 Å². The molecule has 3 rings (SSSR count). The highest BCUT2D eigenvalue weighted by Crippen LogP contribution is 2.32. The highest BCUT2D eigenvalue weighted by Gasteiger charge is 2.39.